The summed E-state index contributed by atoms with van der Waals surface area (Å²) >= 11 is 0. The molecule has 1 heterocycles. The maximum atomic E-state index is 13.7. The van der Waals surface area contributed by atoms with Gasteiger partial charge in [0.1, 0.15) is 21.8 Å². The molecule has 3 aromatic carbocycles. The maximum Gasteiger partial charge on any atom is 0.573 e. The molecule has 3 atom stereocenters. The summed E-state index contributed by atoms with van der Waals surface area (Å²) < 4.78 is 68.2. The van der Waals surface area contributed by atoms with Crippen molar-refractivity contribution in [2.24, 2.45) is 4.36 Å². The Morgan fingerprint density at radius 1 is 1.03 bits per heavy atom. The molecular weight excluding hydrogens is 507 g/mol. The Kier molecular flexibility index (Phi) is 6.61. The van der Waals surface area contributed by atoms with Crippen LogP contribution in [0.25, 0.3) is 0 Å². The van der Waals surface area contributed by atoms with Gasteiger partial charge in [-0.05, 0) is 61.4 Å². The van der Waals surface area contributed by atoms with Gasteiger partial charge >= 0.3 is 6.36 Å². The Balaban J connectivity index is 1.43. The lowest BCUT2D eigenvalue weighted by Gasteiger charge is -2.40. The number of benzene rings is 3. The number of hydrogen-bond acceptors (Lipinski definition) is 6. The quantitative estimate of drug-likeness (QED) is 0.429. The second-order valence-electron chi connectivity index (χ2n) is 8.48. The summed E-state index contributed by atoms with van der Waals surface area (Å²) in [4.78, 5) is 2.11. The number of allylic oxidation sites excluding steroid dienone is 1. The Labute approximate surface area is 212 Å². The minimum Gasteiger partial charge on any atom is -0.453 e. The van der Waals surface area contributed by atoms with Crippen LogP contribution >= 0.6 is 0 Å². The van der Waals surface area contributed by atoms with Crippen LogP contribution in [-0.2, 0) is 9.92 Å². The zero-order valence-electron chi connectivity index (χ0n) is 19.7. The lowest BCUT2D eigenvalue weighted by Crippen LogP contribution is -2.48. The van der Waals surface area contributed by atoms with Crippen molar-refractivity contribution in [3.63, 3.8) is 0 Å². The average Bonchev–Trinajstić information content (AvgIpc) is 2.88. The summed E-state index contributed by atoms with van der Waals surface area (Å²) in [6.45, 7) is 0. The van der Waals surface area contributed by atoms with Gasteiger partial charge in [0.25, 0.3) is 0 Å². The molecular formula is C26H24F3N3O4S. The van der Waals surface area contributed by atoms with Gasteiger partial charge in [-0.1, -0.05) is 30.3 Å². The predicted octanol–water partition coefficient (Wildman–Crippen LogP) is 5.90. The monoisotopic (exact) mass is 531 g/mol. The molecule has 3 aromatic rings. The van der Waals surface area contributed by atoms with Crippen molar-refractivity contribution in [1.29, 1.82) is 0 Å². The van der Waals surface area contributed by atoms with E-state index >= 15 is 0 Å². The highest BCUT2D eigenvalue weighted by atomic mass is 32.2. The molecule has 2 N–H and O–H groups in total. The van der Waals surface area contributed by atoms with Gasteiger partial charge in [-0.3, -0.25) is 0 Å². The number of anilines is 2. The number of ether oxygens (including phenoxy) is 2. The first-order chi connectivity index (χ1) is 17.7. The fourth-order valence-electron chi connectivity index (χ4n) is 4.48. The molecule has 1 unspecified atom stereocenters. The molecule has 11 heteroatoms. The predicted molar refractivity (Wildman–Crippen MR) is 133 cm³/mol. The van der Waals surface area contributed by atoms with E-state index in [4.69, 9.17) is 4.74 Å². The standard InChI is InChI=1S/C26H24F3N3O4S/c1-30-37(34,18-15-13-17(14-16-18)36-26(27,28)29)31-19-7-6-10-22(25(19)33)32-20-8-2-4-11-23(20)35-24-12-5-3-9-21(24)32/h2-5,8-16,19,25,33H,6-7H2,1H3,(H,30,31,34)/t19-,25-,37?/m0/s1. The summed E-state index contributed by atoms with van der Waals surface area (Å²) in [6.07, 6.45) is -2.90. The summed E-state index contributed by atoms with van der Waals surface area (Å²) in [5.74, 6) is 0.845. The third kappa shape index (κ3) is 5.02. The van der Waals surface area contributed by atoms with E-state index in [2.05, 4.69) is 13.8 Å². The first-order valence-corrected chi connectivity index (χ1v) is 13.0. The van der Waals surface area contributed by atoms with Crippen molar-refractivity contribution in [3.8, 4) is 17.2 Å². The van der Waals surface area contributed by atoms with Gasteiger partial charge in [0.2, 0.25) is 0 Å². The highest BCUT2D eigenvalue weighted by Crippen LogP contribution is 2.49. The van der Waals surface area contributed by atoms with Crippen LogP contribution in [0.1, 0.15) is 12.8 Å². The third-order valence-corrected chi connectivity index (χ3v) is 8.20. The lowest BCUT2D eigenvalue weighted by molar-refractivity contribution is -0.274. The average molecular weight is 532 g/mol. The number of fused-ring (bicyclic) bond motifs is 2. The number of nitrogens with zero attached hydrogens (tertiary/aromatic N) is 2. The largest absolute Gasteiger partial charge is 0.573 e. The molecule has 0 saturated heterocycles. The molecule has 2 aliphatic rings. The molecule has 0 saturated carbocycles. The number of para-hydroxylation sites is 4. The van der Waals surface area contributed by atoms with Crippen molar-refractivity contribution in [2.75, 3.05) is 11.9 Å². The van der Waals surface area contributed by atoms with Crippen LogP contribution in [0, 0.1) is 0 Å². The fraction of sp³-hybridized carbons (Fsp3) is 0.231. The van der Waals surface area contributed by atoms with E-state index in [1.54, 1.807) is 0 Å². The van der Waals surface area contributed by atoms with Crippen LogP contribution in [-0.4, -0.2) is 34.9 Å². The van der Waals surface area contributed by atoms with E-state index in [1.165, 1.54) is 19.2 Å². The first kappa shape index (κ1) is 25.1. The Morgan fingerprint density at radius 2 is 1.62 bits per heavy atom. The molecule has 0 amide bonds. The molecule has 194 valence electrons. The minimum absolute atomic E-state index is 0.176. The summed E-state index contributed by atoms with van der Waals surface area (Å²) in [6, 6.07) is 19.0. The van der Waals surface area contributed by atoms with Gasteiger partial charge in [0.15, 0.2) is 11.5 Å². The molecule has 1 aliphatic heterocycles. The van der Waals surface area contributed by atoms with Crippen LogP contribution in [0.4, 0.5) is 24.5 Å². The van der Waals surface area contributed by atoms with Crippen LogP contribution in [0.15, 0.2) is 93.8 Å². The van der Waals surface area contributed by atoms with Gasteiger partial charge in [0, 0.05) is 12.7 Å². The van der Waals surface area contributed by atoms with E-state index in [0.717, 1.165) is 23.5 Å². The van der Waals surface area contributed by atoms with E-state index in [1.807, 2.05) is 59.5 Å². The smallest absolute Gasteiger partial charge is 0.453 e. The third-order valence-electron chi connectivity index (χ3n) is 6.15. The number of nitrogens with one attached hydrogen (secondary N) is 1. The second-order valence-corrected chi connectivity index (χ2v) is 10.6. The molecule has 0 fully saturated rings. The SMILES string of the molecule is CN=S(=O)(N[C@H]1CCC=C(N2c3ccccc3Oc3ccccc32)[C@H]1O)c1ccc(OC(F)(F)F)cc1. The van der Waals surface area contributed by atoms with Crippen molar-refractivity contribution >= 4 is 21.3 Å². The molecule has 0 bridgehead atoms. The number of aliphatic hydroxyl groups is 1. The van der Waals surface area contributed by atoms with Crippen molar-refractivity contribution in [3.05, 3.63) is 84.6 Å². The van der Waals surface area contributed by atoms with Gasteiger partial charge in [-0.2, -0.15) is 0 Å². The molecule has 5 rings (SSSR count). The highest BCUT2D eigenvalue weighted by Gasteiger charge is 2.36. The summed E-state index contributed by atoms with van der Waals surface area (Å²) in [7, 11) is -1.91. The normalized spacial score (nSPS) is 20.6. The lowest BCUT2D eigenvalue weighted by atomic mass is 9.94. The zero-order chi connectivity index (χ0) is 26.2. The van der Waals surface area contributed by atoms with Gasteiger partial charge in [-0.15, -0.1) is 13.2 Å². The summed E-state index contributed by atoms with van der Waals surface area (Å²) in [5, 5.41) is 11.5. The first-order valence-electron chi connectivity index (χ1n) is 11.5. The van der Waals surface area contributed by atoms with Crippen LogP contribution in [0.3, 0.4) is 0 Å². The molecule has 37 heavy (non-hydrogen) atoms. The fourth-order valence-corrected chi connectivity index (χ4v) is 6.10. The molecule has 1 aliphatic carbocycles. The van der Waals surface area contributed by atoms with E-state index < -0.39 is 34.2 Å². The van der Waals surface area contributed by atoms with Gasteiger partial charge in [-0.25, -0.2) is 13.3 Å². The van der Waals surface area contributed by atoms with Crippen LogP contribution in [0.5, 0.6) is 17.2 Å². The van der Waals surface area contributed by atoms with Crippen LogP contribution < -0.4 is 19.1 Å². The maximum absolute atomic E-state index is 13.7. The van der Waals surface area contributed by atoms with Gasteiger partial charge < -0.3 is 19.5 Å². The van der Waals surface area contributed by atoms with Crippen LogP contribution in [0.2, 0.25) is 0 Å². The van der Waals surface area contributed by atoms with E-state index in [-0.39, 0.29) is 4.90 Å². The van der Waals surface area contributed by atoms with Crippen molar-refractivity contribution in [2.45, 2.75) is 36.2 Å². The molecule has 0 radical (unpaired) electrons. The number of hydrogen-bond donors (Lipinski definition) is 2. The zero-order valence-corrected chi connectivity index (χ0v) is 20.5. The van der Waals surface area contributed by atoms with Crippen molar-refractivity contribution in [1.82, 2.24) is 4.72 Å². The topological polar surface area (TPSA) is 83.4 Å². The van der Waals surface area contributed by atoms with Gasteiger partial charge in [0.05, 0.1) is 22.3 Å². The molecule has 0 aromatic heterocycles. The Morgan fingerprint density at radius 3 is 2.19 bits per heavy atom. The minimum atomic E-state index is -4.83. The van der Waals surface area contributed by atoms with E-state index in [0.29, 0.717) is 30.0 Å². The molecule has 7 nitrogen and oxygen atoms in total. The summed E-state index contributed by atoms with van der Waals surface area (Å²) in [5.41, 5.74) is 2.11. The number of alkyl halides is 3. The highest BCUT2D eigenvalue weighted by molar-refractivity contribution is 7.91. The van der Waals surface area contributed by atoms with Crippen molar-refractivity contribution < 1.29 is 32.0 Å². The number of halogens is 3. The molecule has 0 spiro atoms. The number of aliphatic hydroxyl groups excluding tert-OH is 1. The van der Waals surface area contributed by atoms with E-state index in [9.17, 15) is 22.5 Å². The second kappa shape index (κ2) is 9.73. The number of rotatable bonds is 5. The Hall–Kier alpha value is -3.54. The Bertz CT molecular complexity index is 1400.